The lowest BCUT2D eigenvalue weighted by molar-refractivity contribution is -0.360. The van der Waals surface area contributed by atoms with Crippen LogP contribution in [0.25, 0.3) is 17.1 Å². The molecule has 11 nitrogen and oxygen atoms in total. The molecule has 266 valence electrons. The lowest BCUT2D eigenvalue weighted by Crippen LogP contribution is -2.42. The smallest absolute Gasteiger partial charge is 0.426 e. The Bertz CT molecular complexity index is 1790. The molecule has 1 saturated heterocycles. The summed E-state index contributed by atoms with van der Waals surface area (Å²) in [7, 11) is 1.51. The van der Waals surface area contributed by atoms with E-state index in [0.29, 0.717) is 35.8 Å². The van der Waals surface area contributed by atoms with Crippen molar-refractivity contribution in [3.05, 3.63) is 78.4 Å². The number of hydrogen-bond acceptors (Lipinski definition) is 8. The maximum atomic E-state index is 13.4. The summed E-state index contributed by atoms with van der Waals surface area (Å²) in [6.07, 6.45) is -11.2. The molecule has 1 unspecified atom stereocenters. The van der Waals surface area contributed by atoms with Gasteiger partial charge in [0.2, 0.25) is 11.9 Å². The highest BCUT2D eigenvalue weighted by Crippen LogP contribution is 2.38. The molecule has 1 aromatic heterocycles. The predicted molar refractivity (Wildman–Crippen MR) is 180 cm³/mol. The number of aromatic nitrogens is 3. The number of benzene rings is 3. The van der Waals surface area contributed by atoms with Gasteiger partial charge >= 0.3 is 18.3 Å². The number of thioether (sulfide) groups is 1. The number of ether oxygens (including phenoxy) is 2. The minimum atomic E-state index is -5.88. The minimum absolute atomic E-state index is 0.0179. The Hall–Kier alpha value is -4.90. The number of para-hydroxylation sites is 1. The zero-order valence-electron chi connectivity index (χ0n) is 27.1. The largest absolute Gasteiger partial charge is 0.499 e. The first-order valence-electron chi connectivity index (χ1n) is 15.4. The molecule has 17 heteroatoms. The number of carbonyl (C=O) groups is 2. The molecular formula is C33H34F5N7O4S. The molecule has 3 aromatic carbocycles. The molecular weight excluding hydrogens is 685 g/mol. The van der Waals surface area contributed by atoms with Gasteiger partial charge in [0, 0.05) is 37.1 Å². The summed E-state index contributed by atoms with van der Waals surface area (Å²) < 4.78 is 74.7. The van der Waals surface area contributed by atoms with Gasteiger partial charge < -0.3 is 25.4 Å². The van der Waals surface area contributed by atoms with E-state index in [-0.39, 0.29) is 35.5 Å². The molecule has 1 atom stereocenters. The number of anilines is 3. The van der Waals surface area contributed by atoms with E-state index >= 15 is 0 Å². The number of urea groups is 1. The third kappa shape index (κ3) is 8.45. The van der Waals surface area contributed by atoms with E-state index < -0.39 is 24.1 Å². The minimum Gasteiger partial charge on any atom is -0.426 e. The topological polar surface area (TPSA) is 123 Å². The Kier molecular flexibility index (Phi) is 11.2. The van der Waals surface area contributed by atoms with Crippen LogP contribution in [0.1, 0.15) is 25.3 Å². The number of nitrogens with one attached hydrogen (secondary N) is 3. The lowest BCUT2D eigenvalue weighted by atomic mass is 10.0. The van der Waals surface area contributed by atoms with E-state index in [2.05, 4.69) is 44.6 Å². The van der Waals surface area contributed by atoms with Crippen molar-refractivity contribution in [1.82, 2.24) is 20.1 Å². The molecule has 0 spiro atoms. The van der Waals surface area contributed by atoms with Crippen molar-refractivity contribution in [3.63, 3.8) is 0 Å². The van der Waals surface area contributed by atoms with Gasteiger partial charge in [0.1, 0.15) is 11.1 Å². The number of halogens is 5. The third-order valence-corrected chi connectivity index (χ3v) is 8.64. The summed E-state index contributed by atoms with van der Waals surface area (Å²) in [6, 6.07) is 18.4. The van der Waals surface area contributed by atoms with Gasteiger partial charge in [-0.05, 0) is 66.1 Å². The molecule has 3 amide bonds. The van der Waals surface area contributed by atoms with Crippen LogP contribution in [0.2, 0.25) is 0 Å². The van der Waals surface area contributed by atoms with Crippen LogP contribution in [0.3, 0.4) is 0 Å². The third-order valence-electron chi connectivity index (χ3n) is 7.47. The fourth-order valence-electron chi connectivity index (χ4n) is 5.02. The maximum Gasteiger partial charge on any atom is 0.499 e. The van der Waals surface area contributed by atoms with E-state index in [9.17, 15) is 31.5 Å². The van der Waals surface area contributed by atoms with Crippen LogP contribution in [0.15, 0.2) is 72.8 Å². The van der Waals surface area contributed by atoms with Gasteiger partial charge in [0.05, 0.1) is 18.0 Å². The van der Waals surface area contributed by atoms with Crippen LogP contribution in [-0.2, 0) is 9.53 Å². The van der Waals surface area contributed by atoms with Gasteiger partial charge in [-0.2, -0.15) is 31.6 Å². The Morgan fingerprint density at radius 1 is 1.02 bits per heavy atom. The van der Waals surface area contributed by atoms with E-state index in [4.69, 9.17) is 4.74 Å². The van der Waals surface area contributed by atoms with Gasteiger partial charge in [-0.15, -0.1) is 16.9 Å². The lowest BCUT2D eigenvalue weighted by Gasteiger charge is -2.27. The number of amides is 3. The monoisotopic (exact) mass is 719 g/mol. The van der Waals surface area contributed by atoms with E-state index in [1.165, 1.54) is 35.7 Å². The number of alkyl halides is 5. The van der Waals surface area contributed by atoms with Crippen molar-refractivity contribution in [2.45, 2.75) is 37.4 Å². The first kappa shape index (κ1) is 36.4. The first-order chi connectivity index (χ1) is 23.8. The van der Waals surface area contributed by atoms with Crippen LogP contribution in [0.5, 0.6) is 5.75 Å². The molecule has 0 radical (unpaired) electrons. The van der Waals surface area contributed by atoms with Crippen molar-refractivity contribution >= 4 is 41.0 Å². The molecule has 3 N–H and O–H groups in total. The maximum absolute atomic E-state index is 13.4. The summed E-state index contributed by atoms with van der Waals surface area (Å²) in [5, 5.41) is 12.9. The molecule has 0 aliphatic carbocycles. The number of carbonyl (C=O) groups excluding carboxylic acids is 2. The van der Waals surface area contributed by atoms with E-state index in [1.807, 2.05) is 24.3 Å². The molecule has 0 bridgehead atoms. The average molecular weight is 720 g/mol. The second-order valence-corrected chi connectivity index (χ2v) is 12.5. The van der Waals surface area contributed by atoms with Crippen molar-refractivity contribution in [2.75, 3.05) is 48.1 Å². The van der Waals surface area contributed by atoms with Crippen LogP contribution in [-0.4, -0.2) is 76.9 Å². The zero-order chi connectivity index (χ0) is 36.1. The van der Waals surface area contributed by atoms with Gasteiger partial charge in [-0.3, -0.25) is 9.69 Å². The second-order valence-electron chi connectivity index (χ2n) is 11.4. The SMILES string of the molecule is COCCNc1nc(-c2ccc(NC(=O)NCC3SCC(=O)N3c3ccccc3C(C)C)cc2)nn1-c1ccc(OC(F)(F)C(F)(F)F)cc1. The van der Waals surface area contributed by atoms with E-state index in [0.717, 1.165) is 23.4 Å². The molecule has 0 saturated carbocycles. The van der Waals surface area contributed by atoms with Crippen molar-refractivity contribution in [3.8, 4) is 22.8 Å². The zero-order valence-corrected chi connectivity index (χ0v) is 27.9. The van der Waals surface area contributed by atoms with Crippen LogP contribution < -0.4 is 25.6 Å². The summed E-state index contributed by atoms with van der Waals surface area (Å²) in [5.74, 6) is 0.329. The number of rotatable bonds is 13. The average Bonchev–Trinajstić information content (AvgIpc) is 3.67. The van der Waals surface area contributed by atoms with Crippen molar-refractivity contribution < 1.29 is 41.0 Å². The molecule has 1 fully saturated rings. The highest BCUT2D eigenvalue weighted by molar-refractivity contribution is 8.01. The van der Waals surface area contributed by atoms with Gasteiger partial charge in [-0.25, -0.2) is 4.79 Å². The number of methoxy groups -OCH3 is 1. The highest BCUT2D eigenvalue weighted by Gasteiger charge is 2.61. The Labute approximate surface area is 288 Å². The fraction of sp³-hybridized carbons (Fsp3) is 0.333. The first-order valence-corrected chi connectivity index (χ1v) is 16.4. The molecule has 5 rings (SSSR count). The van der Waals surface area contributed by atoms with Crippen molar-refractivity contribution in [2.24, 2.45) is 0 Å². The molecule has 50 heavy (non-hydrogen) atoms. The molecule has 2 heterocycles. The summed E-state index contributed by atoms with van der Waals surface area (Å²) >= 11 is 1.46. The van der Waals surface area contributed by atoms with Gasteiger partial charge in [0.15, 0.2) is 5.82 Å². The number of hydrogen-bond donors (Lipinski definition) is 3. The standard InChI is InChI=1S/C33H34F5N7O4S/c1-20(2)25-6-4-5-7-26(25)44-27(46)19-50-28(44)18-40-31(47)41-22-10-8-21(9-11-22)29-42-30(39-16-17-48-3)45(43-29)23-12-14-24(15-13-23)49-33(37,38)32(34,35)36/h4-15,20,28H,16-19H2,1-3H3,(H,39,42,43)(H2,40,41,47). The quantitative estimate of drug-likeness (QED) is 0.101. The van der Waals surface area contributed by atoms with Crippen molar-refractivity contribution in [1.29, 1.82) is 0 Å². The van der Waals surface area contributed by atoms with Gasteiger partial charge in [-0.1, -0.05) is 32.0 Å². The normalized spacial score (nSPS) is 15.0. The molecule has 1 aliphatic heterocycles. The Morgan fingerprint density at radius 2 is 1.72 bits per heavy atom. The summed E-state index contributed by atoms with van der Waals surface area (Å²) in [4.78, 5) is 31.9. The molecule has 1 aliphatic rings. The van der Waals surface area contributed by atoms with Crippen LogP contribution >= 0.6 is 11.8 Å². The Balaban J connectivity index is 1.25. The summed E-state index contributed by atoms with van der Waals surface area (Å²) in [5.41, 5.74) is 3.23. The van der Waals surface area contributed by atoms with Crippen LogP contribution in [0, 0.1) is 0 Å². The number of nitrogens with zero attached hydrogens (tertiary/aromatic N) is 4. The molecule has 4 aromatic rings. The summed E-state index contributed by atoms with van der Waals surface area (Å²) in [6.45, 7) is 5.01. The van der Waals surface area contributed by atoms with Gasteiger partial charge in [0.25, 0.3) is 0 Å². The van der Waals surface area contributed by atoms with Crippen LogP contribution in [0.4, 0.5) is 44.1 Å². The predicted octanol–water partition coefficient (Wildman–Crippen LogP) is 6.88. The van der Waals surface area contributed by atoms with E-state index in [1.54, 1.807) is 29.2 Å². The fourth-order valence-corrected chi connectivity index (χ4v) is 6.08. The second kappa shape index (κ2) is 15.3. The highest BCUT2D eigenvalue weighted by atomic mass is 32.2. The Morgan fingerprint density at radius 3 is 2.38 bits per heavy atom.